The summed E-state index contributed by atoms with van der Waals surface area (Å²) in [7, 11) is 1.59. The van der Waals surface area contributed by atoms with Gasteiger partial charge < -0.3 is 19.3 Å². The van der Waals surface area contributed by atoms with Gasteiger partial charge >= 0.3 is 0 Å². The maximum Gasteiger partial charge on any atom is 0.227 e. The lowest BCUT2D eigenvalue weighted by Gasteiger charge is -2.27. The molecule has 2 atom stereocenters. The van der Waals surface area contributed by atoms with Crippen molar-refractivity contribution < 1.29 is 19.3 Å². The van der Waals surface area contributed by atoms with Crippen molar-refractivity contribution in [1.29, 1.82) is 0 Å². The van der Waals surface area contributed by atoms with Crippen molar-refractivity contribution in [3.63, 3.8) is 0 Å². The standard InChI is InChI=1S/C26H32ClN3O4/c1-19-23(17-29(15-21(31)18-32-2)16-22-11-8-14-33-22)26(34-25-13-7-6-12-24(25)27)30(28-19)20-9-4-3-5-10-20/h3-7,9-10,12-13,21-22,31H,8,11,14-18H2,1-2H3/t21-,22-/m0/s1. The lowest BCUT2D eigenvalue weighted by atomic mass is 10.1. The molecular formula is C26H32ClN3O4. The van der Waals surface area contributed by atoms with E-state index in [0.717, 1.165) is 36.4 Å². The molecule has 0 radical (unpaired) electrons. The van der Waals surface area contributed by atoms with Crippen molar-refractivity contribution in [3.8, 4) is 17.3 Å². The molecule has 7 nitrogen and oxygen atoms in total. The number of halogens is 1. The normalized spacial score (nSPS) is 16.8. The second-order valence-corrected chi connectivity index (χ2v) is 8.99. The van der Waals surface area contributed by atoms with Crippen LogP contribution in [-0.4, -0.2) is 65.4 Å². The van der Waals surface area contributed by atoms with Crippen LogP contribution in [0.5, 0.6) is 11.6 Å². The number of ether oxygens (including phenoxy) is 3. The van der Waals surface area contributed by atoms with E-state index in [9.17, 15) is 5.11 Å². The van der Waals surface area contributed by atoms with Crippen molar-refractivity contribution in [2.24, 2.45) is 0 Å². The van der Waals surface area contributed by atoms with E-state index in [1.165, 1.54) is 0 Å². The summed E-state index contributed by atoms with van der Waals surface area (Å²) >= 11 is 6.43. The fourth-order valence-corrected chi connectivity index (χ4v) is 4.42. The Hall–Kier alpha value is -2.42. The zero-order valence-electron chi connectivity index (χ0n) is 19.7. The highest BCUT2D eigenvalue weighted by atomic mass is 35.5. The van der Waals surface area contributed by atoms with Crippen LogP contribution in [0.2, 0.25) is 5.02 Å². The van der Waals surface area contributed by atoms with Crippen LogP contribution in [0.1, 0.15) is 24.1 Å². The predicted molar refractivity (Wildman–Crippen MR) is 132 cm³/mol. The van der Waals surface area contributed by atoms with Crippen molar-refractivity contribution >= 4 is 11.6 Å². The van der Waals surface area contributed by atoms with Crippen LogP contribution in [0.25, 0.3) is 5.69 Å². The quantitative estimate of drug-likeness (QED) is 0.427. The summed E-state index contributed by atoms with van der Waals surface area (Å²) in [6, 6.07) is 17.3. The zero-order valence-corrected chi connectivity index (χ0v) is 20.4. The molecule has 0 amide bonds. The lowest BCUT2D eigenvalue weighted by Crippen LogP contribution is -2.39. The fraction of sp³-hybridized carbons (Fsp3) is 0.423. The molecule has 3 aromatic rings. The van der Waals surface area contributed by atoms with E-state index in [-0.39, 0.29) is 12.7 Å². The first-order valence-electron chi connectivity index (χ1n) is 11.6. The molecule has 8 heteroatoms. The molecule has 1 aliphatic rings. The monoisotopic (exact) mass is 485 g/mol. The van der Waals surface area contributed by atoms with Gasteiger partial charge in [0.15, 0.2) is 0 Å². The number of aliphatic hydroxyl groups is 1. The van der Waals surface area contributed by atoms with Crippen LogP contribution in [-0.2, 0) is 16.0 Å². The van der Waals surface area contributed by atoms with E-state index in [4.69, 9.17) is 30.9 Å². The fourth-order valence-electron chi connectivity index (χ4n) is 4.25. The van der Waals surface area contributed by atoms with Crippen molar-refractivity contribution in [2.75, 3.05) is 33.4 Å². The minimum Gasteiger partial charge on any atom is -0.437 e. The van der Waals surface area contributed by atoms with Gasteiger partial charge in [0.25, 0.3) is 0 Å². The Kier molecular flexibility index (Phi) is 8.59. The van der Waals surface area contributed by atoms with Gasteiger partial charge in [0.2, 0.25) is 5.88 Å². The first-order valence-corrected chi connectivity index (χ1v) is 12.0. The van der Waals surface area contributed by atoms with E-state index in [1.54, 1.807) is 13.2 Å². The number of rotatable bonds is 11. The van der Waals surface area contributed by atoms with Gasteiger partial charge in [-0.15, -0.1) is 0 Å². The molecule has 1 aliphatic heterocycles. The molecule has 0 saturated carbocycles. The predicted octanol–water partition coefficient (Wildman–Crippen LogP) is 4.61. The molecule has 1 aromatic heterocycles. The number of hydrogen-bond acceptors (Lipinski definition) is 6. The number of hydrogen-bond donors (Lipinski definition) is 1. The number of aryl methyl sites for hydroxylation is 1. The molecule has 1 N–H and O–H groups in total. The Labute approximate surface area is 205 Å². The third-order valence-electron chi connectivity index (χ3n) is 5.88. The molecule has 0 spiro atoms. The molecule has 1 saturated heterocycles. The summed E-state index contributed by atoms with van der Waals surface area (Å²) in [5, 5.41) is 15.8. The van der Waals surface area contributed by atoms with Crippen molar-refractivity contribution in [1.82, 2.24) is 14.7 Å². The Morgan fingerprint density at radius 3 is 2.68 bits per heavy atom. The highest BCUT2D eigenvalue weighted by Crippen LogP contribution is 2.35. The van der Waals surface area contributed by atoms with Gasteiger partial charge in [0.05, 0.1) is 40.8 Å². The summed E-state index contributed by atoms with van der Waals surface area (Å²) in [5.74, 6) is 1.17. The number of methoxy groups -OCH3 is 1. The van der Waals surface area contributed by atoms with Crippen molar-refractivity contribution in [2.45, 2.75) is 38.5 Å². The van der Waals surface area contributed by atoms with E-state index >= 15 is 0 Å². The van der Waals surface area contributed by atoms with Crippen LogP contribution in [0.15, 0.2) is 54.6 Å². The third-order valence-corrected chi connectivity index (χ3v) is 6.19. The van der Waals surface area contributed by atoms with Crippen LogP contribution in [0.4, 0.5) is 0 Å². The van der Waals surface area contributed by atoms with E-state index < -0.39 is 6.10 Å². The van der Waals surface area contributed by atoms with Crippen LogP contribution in [0, 0.1) is 6.92 Å². The summed E-state index contributed by atoms with van der Waals surface area (Å²) in [5.41, 5.74) is 2.68. The average Bonchev–Trinajstić information content (AvgIpc) is 3.45. The van der Waals surface area contributed by atoms with Crippen LogP contribution in [0.3, 0.4) is 0 Å². The first kappa shape index (κ1) is 24.7. The molecule has 2 heterocycles. The van der Waals surface area contributed by atoms with E-state index in [0.29, 0.717) is 36.3 Å². The molecule has 0 bridgehead atoms. The average molecular weight is 486 g/mol. The highest BCUT2D eigenvalue weighted by Gasteiger charge is 2.26. The summed E-state index contributed by atoms with van der Waals surface area (Å²) in [4.78, 5) is 2.19. The first-order chi connectivity index (χ1) is 16.5. The SMILES string of the molecule is COC[C@@H](O)CN(Cc1c(C)nn(-c2ccccc2)c1Oc1ccccc1Cl)C[C@@H]1CCCO1. The van der Waals surface area contributed by atoms with E-state index in [1.807, 2.05) is 60.1 Å². The molecule has 34 heavy (non-hydrogen) atoms. The van der Waals surface area contributed by atoms with Gasteiger partial charge in [0.1, 0.15) is 5.75 Å². The Morgan fingerprint density at radius 1 is 1.21 bits per heavy atom. The topological polar surface area (TPSA) is 69.0 Å². The highest BCUT2D eigenvalue weighted by molar-refractivity contribution is 6.32. The van der Waals surface area contributed by atoms with Crippen LogP contribution < -0.4 is 4.74 Å². The lowest BCUT2D eigenvalue weighted by molar-refractivity contribution is 0.0155. The molecule has 0 aliphatic carbocycles. The minimum atomic E-state index is -0.608. The number of benzene rings is 2. The van der Waals surface area contributed by atoms with Gasteiger partial charge in [-0.3, -0.25) is 4.90 Å². The van der Waals surface area contributed by atoms with Gasteiger partial charge in [0, 0.05) is 33.4 Å². The third kappa shape index (κ3) is 6.17. The molecule has 0 unspecified atom stereocenters. The minimum absolute atomic E-state index is 0.146. The maximum absolute atomic E-state index is 10.5. The van der Waals surface area contributed by atoms with Gasteiger partial charge in [-0.1, -0.05) is 41.9 Å². The van der Waals surface area contributed by atoms with Gasteiger partial charge in [-0.2, -0.15) is 5.10 Å². The summed E-state index contributed by atoms with van der Waals surface area (Å²) in [6.45, 7) is 4.73. The smallest absolute Gasteiger partial charge is 0.227 e. The van der Waals surface area contributed by atoms with E-state index in [2.05, 4.69) is 4.90 Å². The van der Waals surface area contributed by atoms with Gasteiger partial charge in [-0.25, -0.2) is 4.68 Å². The van der Waals surface area contributed by atoms with Crippen LogP contribution >= 0.6 is 11.6 Å². The Morgan fingerprint density at radius 2 is 1.97 bits per heavy atom. The number of aromatic nitrogens is 2. The largest absolute Gasteiger partial charge is 0.437 e. The van der Waals surface area contributed by atoms with Crippen molar-refractivity contribution in [3.05, 3.63) is 70.9 Å². The molecule has 4 rings (SSSR count). The summed E-state index contributed by atoms with van der Waals surface area (Å²) < 4.78 is 19.3. The number of nitrogens with zero attached hydrogens (tertiary/aromatic N) is 3. The molecular weight excluding hydrogens is 454 g/mol. The molecule has 182 valence electrons. The second-order valence-electron chi connectivity index (χ2n) is 8.59. The zero-order chi connectivity index (χ0) is 23.9. The Balaban J connectivity index is 1.69. The Bertz CT molecular complexity index is 1050. The number of aliphatic hydroxyl groups excluding tert-OH is 1. The number of para-hydroxylation sites is 2. The maximum atomic E-state index is 10.5. The molecule has 1 fully saturated rings. The summed E-state index contributed by atoms with van der Waals surface area (Å²) in [6.07, 6.45) is 1.61. The molecule has 2 aromatic carbocycles. The second kappa shape index (κ2) is 11.8. The van der Waals surface area contributed by atoms with Gasteiger partial charge in [-0.05, 0) is 44.0 Å².